The molecule has 0 atom stereocenters. The van der Waals surface area contributed by atoms with Gasteiger partial charge in [-0.2, -0.15) is 0 Å². The summed E-state index contributed by atoms with van der Waals surface area (Å²) in [5.74, 6) is -2.36. The number of benzene rings is 1. The predicted molar refractivity (Wildman–Crippen MR) is 129 cm³/mol. The molecule has 1 saturated carbocycles. The number of nitrogens with zero attached hydrogens (tertiary/aromatic N) is 3. The number of piperidine rings is 1. The first kappa shape index (κ1) is 23.7. The second-order valence-electron chi connectivity index (χ2n) is 9.63. The van der Waals surface area contributed by atoms with Crippen molar-refractivity contribution < 1.29 is 23.4 Å². The number of rotatable bonds is 8. The minimum atomic E-state index is -2.85. The number of carbonyl (C=O) groups is 1. The summed E-state index contributed by atoms with van der Waals surface area (Å²) in [6, 6.07) is 8.46. The van der Waals surface area contributed by atoms with E-state index >= 15 is 0 Å². The molecule has 1 aliphatic heterocycles. The highest BCUT2D eigenvalue weighted by Gasteiger charge is 2.37. The van der Waals surface area contributed by atoms with Crippen LogP contribution in [-0.2, 0) is 15.5 Å². The van der Waals surface area contributed by atoms with Gasteiger partial charge in [-0.15, -0.1) is 0 Å². The maximum absolute atomic E-state index is 14.3. The zero-order valence-corrected chi connectivity index (χ0v) is 19.7. The highest BCUT2D eigenvalue weighted by Crippen LogP contribution is 2.35. The number of alkyl halides is 2. The molecule has 3 aromatic rings. The van der Waals surface area contributed by atoms with Gasteiger partial charge in [0.15, 0.2) is 0 Å². The van der Waals surface area contributed by atoms with Crippen LogP contribution in [-0.4, -0.2) is 51.3 Å². The summed E-state index contributed by atoms with van der Waals surface area (Å²) in [4.78, 5) is 25.5. The van der Waals surface area contributed by atoms with E-state index in [9.17, 15) is 13.6 Å². The first-order valence-corrected chi connectivity index (χ1v) is 12.3. The quantitative estimate of drug-likeness (QED) is 0.447. The van der Waals surface area contributed by atoms with Crippen molar-refractivity contribution in [2.75, 3.05) is 18.0 Å². The van der Waals surface area contributed by atoms with Crippen LogP contribution in [0.3, 0.4) is 0 Å². The molecule has 0 radical (unpaired) electrons. The number of hydrogen-bond donors (Lipinski definition) is 2. The molecule has 1 aromatic carbocycles. The van der Waals surface area contributed by atoms with Gasteiger partial charge in [0, 0.05) is 36.8 Å². The van der Waals surface area contributed by atoms with E-state index in [1.54, 1.807) is 19.2 Å². The molecule has 5 rings (SSSR count). The van der Waals surface area contributed by atoms with E-state index < -0.39 is 11.9 Å². The van der Waals surface area contributed by atoms with Crippen LogP contribution in [0.2, 0.25) is 0 Å². The van der Waals surface area contributed by atoms with Crippen LogP contribution in [0.1, 0.15) is 51.0 Å². The Morgan fingerprint density at radius 2 is 1.97 bits per heavy atom. The van der Waals surface area contributed by atoms with Crippen molar-refractivity contribution in [2.24, 2.45) is 5.92 Å². The van der Waals surface area contributed by atoms with Gasteiger partial charge < -0.3 is 19.7 Å². The highest BCUT2D eigenvalue weighted by molar-refractivity contribution is 5.80. The Hall–Kier alpha value is -3.07. The normalized spacial score (nSPS) is 21.3. The van der Waals surface area contributed by atoms with E-state index in [-0.39, 0.29) is 30.1 Å². The van der Waals surface area contributed by atoms with Gasteiger partial charge in [0.2, 0.25) is 0 Å². The summed E-state index contributed by atoms with van der Waals surface area (Å²) in [6.45, 7) is 3.40. The number of imidazole rings is 1. The van der Waals surface area contributed by atoms with E-state index in [0.717, 1.165) is 37.3 Å². The summed E-state index contributed by atoms with van der Waals surface area (Å²) in [5.41, 5.74) is 2.02. The first-order valence-electron chi connectivity index (χ1n) is 12.3. The van der Waals surface area contributed by atoms with Crippen molar-refractivity contribution in [3.63, 3.8) is 0 Å². The van der Waals surface area contributed by atoms with Crippen molar-refractivity contribution in [2.45, 2.75) is 63.6 Å². The van der Waals surface area contributed by atoms with Crippen LogP contribution in [0.15, 0.2) is 36.5 Å². The van der Waals surface area contributed by atoms with Gasteiger partial charge in [0.25, 0.3) is 5.92 Å². The number of aliphatic carboxylic acids is 1. The van der Waals surface area contributed by atoms with Crippen molar-refractivity contribution in [3.8, 4) is 11.4 Å². The smallest absolute Gasteiger partial charge is 0.306 e. The first-order chi connectivity index (χ1) is 16.8. The highest BCUT2D eigenvalue weighted by atomic mass is 19.3. The number of aromatic nitrogens is 3. The molecule has 0 unspecified atom stereocenters. The Morgan fingerprint density at radius 1 is 1.20 bits per heavy atom. The minimum Gasteiger partial charge on any atom is -0.481 e. The maximum Gasteiger partial charge on any atom is 0.306 e. The van der Waals surface area contributed by atoms with Gasteiger partial charge in [-0.1, -0.05) is 19.4 Å². The lowest BCUT2D eigenvalue weighted by Gasteiger charge is -2.38. The van der Waals surface area contributed by atoms with Crippen molar-refractivity contribution in [3.05, 3.63) is 42.1 Å². The number of carboxylic acid groups (broad SMARTS) is 1. The van der Waals surface area contributed by atoms with Gasteiger partial charge in [0.1, 0.15) is 11.6 Å². The largest absolute Gasteiger partial charge is 0.481 e. The third-order valence-electron chi connectivity index (χ3n) is 7.08. The number of aromatic amines is 1. The molecule has 1 aliphatic carbocycles. The van der Waals surface area contributed by atoms with E-state index in [1.807, 2.05) is 12.1 Å². The standard InChI is InChI=1S/C26H30F2N4O3/c1-2-9-26(27,28)18-4-5-21-22(14-18)31-24(30-21)16-3-6-23(29-15-16)32-10-7-19(8-11-32)35-20-12-17(13-20)25(33)34/h3-6,14-15,17,19-20H,2,7-13H2,1H3,(H,30,31)(H,33,34). The zero-order valence-electron chi connectivity index (χ0n) is 19.7. The molecule has 2 aliphatic rings. The summed E-state index contributed by atoms with van der Waals surface area (Å²) in [5, 5.41) is 9.00. The predicted octanol–water partition coefficient (Wildman–Crippen LogP) is 5.37. The molecular weight excluding hydrogens is 454 g/mol. The van der Waals surface area contributed by atoms with Gasteiger partial charge >= 0.3 is 5.97 Å². The third-order valence-corrected chi connectivity index (χ3v) is 7.08. The second kappa shape index (κ2) is 9.53. The van der Waals surface area contributed by atoms with Crippen LogP contribution in [0.5, 0.6) is 0 Å². The van der Waals surface area contributed by atoms with Crippen LogP contribution in [0.4, 0.5) is 14.6 Å². The van der Waals surface area contributed by atoms with Crippen molar-refractivity contribution in [1.82, 2.24) is 15.0 Å². The Bertz CT molecular complexity index is 1180. The number of halogens is 2. The molecule has 186 valence electrons. The van der Waals surface area contributed by atoms with Crippen LogP contribution < -0.4 is 4.90 Å². The zero-order chi connectivity index (χ0) is 24.6. The van der Waals surface area contributed by atoms with E-state index in [0.29, 0.717) is 36.1 Å². The molecule has 2 N–H and O–H groups in total. The van der Waals surface area contributed by atoms with Crippen molar-refractivity contribution >= 4 is 22.8 Å². The Morgan fingerprint density at radius 3 is 2.63 bits per heavy atom. The number of H-pyrrole nitrogens is 1. The Balaban J connectivity index is 1.20. The molecule has 35 heavy (non-hydrogen) atoms. The fourth-order valence-corrected chi connectivity index (χ4v) is 4.92. The Kier molecular flexibility index (Phi) is 6.44. The molecule has 0 bridgehead atoms. The number of pyridine rings is 1. The molecule has 0 amide bonds. The Labute approximate surface area is 202 Å². The molecule has 9 heteroatoms. The number of fused-ring (bicyclic) bond motifs is 1. The fourth-order valence-electron chi connectivity index (χ4n) is 4.92. The average molecular weight is 485 g/mol. The van der Waals surface area contributed by atoms with E-state index in [2.05, 4.69) is 19.9 Å². The molecule has 2 aromatic heterocycles. The summed E-state index contributed by atoms with van der Waals surface area (Å²) >= 11 is 0. The lowest BCUT2D eigenvalue weighted by atomic mass is 9.82. The van der Waals surface area contributed by atoms with Gasteiger partial charge in [-0.05, 0) is 49.9 Å². The van der Waals surface area contributed by atoms with Gasteiger partial charge in [0.05, 0.1) is 29.2 Å². The topological polar surface area (TPSA) is 91.3 Å². The van der Waals surface area contributed by atoms with Crippen LogP contribution in [0, 0.1) is 5.92 Å². The number of anilines is 1. The van der Waals surface area contributed by atoms with Crippen LogP contribution >= 0.6 is 0 Å². The van der Waals surface area contributed by atoms with Gasteiger partial charge in [-0.3, -0.25) is 4.79 Å². The summed E-state index contributed by atoms with van der Waals surface area (Å²) in [6.07, 6.45) is 5.21. The van der Waals surface area contributed by atoms with Crippen LogP contribution in [0.25, 0.3) is 22.4 Å². The molecular formula is C26H30F2N4O3. The molecule has 2 fully saturated rings. The monoisotopic (exact) mass is 484 g/mol. The van der Waals surface area contributed by atoms with Gasteiger partial charge in [-0.25, -0.2) is 18.7 Å². The fraction of sp³-hybridized carbons (Fsp3) is 0.500. The summed E-state index contributed by atoms with van der Waals surface area (Å²) < 4.78 is 34.7. The second-order valence-corrected chi connectivity index (χ2v) is 9.63. The number of carboxylic acids is 1. The lowest BCUT2D eigenvalue weighted by molar-refractivity contribution is -0.154. The molecule has 1 saturated heterocycles. The number of ether oxygens (including phenoxy) is 1. The van der Waals surface area contributed by atoms with E-state index in [4.69, 9.17) is 9.84 Å². The summed E-state index contributed by atoms with van der Waals surface area (Å²) in [7, 11) is 0. The number of nitrogens with one attached hydrogen (secondary N) is 1. The van der Waals surface area contributed by atoms with E-state index in [1.165, 1.54) is 12.1 Å². The molecule has 7 nitrogen and oxygen atoms in total. The lowest BCUT2D eigenvalue weighted by Crippen LogP contribution is -2.43. The molecule has 3 heterocycles. The molecule has 0 spiro atoms. The average Bonchev–Trinajstić information content (AvgIpc) is 3.25. The minimum absolute atomic E-state index is 0.00177. The third kappa shape index (κ3) is 5.00. The SMILES string of the molecule is CCCC(F)(F)c1ccc2nc(-c3ccc(N4CCC(OC5CC(C(=O)O)C5)CC4)nc3)[nH]c2c1. The number of hydrogen-bond acceptors (Lipinski definition) is 5. The van der Waals surface area contributed by atoms with Crippen molar-refractivity contribution in [1.29, 1.82) is 0 Å². The maximum atomic E-state index is 14.3.